The molecule has 0 aromatic carbocycles. The predicted molar refractivity (Wildman–Crippen MR) is 56.9 cm³/mol. The third-order valence-corrected chi connectivity index (χ3v) is 3.63. The van der Waals surface area contributed by atoms with Crippen LogP contribution in [-0.2, 0) is 19.6 Å². The van der Waals surface area contributed by atoms with E-state index in [4.69, 9.17) is 5.11 Å². The van der Waals surface area contributed by atoms with E-state index in [0.29, 0.717) is 5.69 Å². The van der Waals surface area contributed by atoms with E-state index in [1.807, 2.05) is 0 Å². The molecule has 1 aromatic heterocycles. The summed E-state index contributed by atoms with van der Waals surface area (Å²) in [7, 11) is -2.58. The summed E-state index contributed by atoms with van der Waals surface area (Å²) in [5.74, 6) is -1.24. The highest BCUT2D eigenvalue weighted by molar-refractivity contribution is 7.89. The highest BCUT2D eigenvalue weighted by atomic mass is 32.2. The number of methoxy groups -OCH3 is 1. The van der Waals surface area contributed by atoms with Crippen LogP contribution < -0.4 is 4.72 Å². The zero-order valence-electron chi connectivity index (χ0n) is 9.30. The third kappa shape index (κ3) is 3.25. The highest BCUT2D eigenvalue weighted by Gasteiger charge is 2.23. The molecular weight excluding hydrogens is 250 g/mol. The van der Waals surface area contributed by atoms with Crippen molar-refractivity contribution < 1.29 is 23.1 Å². The van der Waals surface area contributed by atoms with E-state index in [1.165, 1.54) is 7.11 Å². The first-order valence-corrected chi connectivity index (χ1v) is 6.12. The van der Waals surface area contributed by atoms with Crippen molar-refractivity contribution >= 4 is 16.0 Å². The van der Waals surface area contributed by atoms with E-state index >= 15 is 0 Å². The molecule has 0 bridgehead atoms. The molecule has 0 saturated carbocycles. The molecule has 0 aliphatic rings. The van der Waals surface area contributed by atoms with Crippen molar-refractivity contribution in [2.24, 2.45) is 0 Å². The summed E-state index contributed by atoms with van der Waals surface area (Å²) in [5, 5.41) is 14.7. The number of H-pyrrole nitrogens is 1. The molecule has 1 unspecified atom stereocenters. The number of carbonyl (C=O) groups is 1. The number of hydrogen-bond donors (Lipinski definition) is 3. The predicted octanol–water partition coefficient (Wildman–Crippen LogP) is -0.904. The first-order chi connectivity index (χ1) is 7.88. The van der Waals surface area contributed by atoms with Gasteiger partial charge >= 0.3 is 5.97 Å². The number of ether oxygens (including phenoxy) is 1. The third-order valence-electron chi connectivity index (χ3n) is 2.09. The monoisotopic (exact) mass is 263 g/mol. The Bertz CT molecular complexity index is 495. The lowest BCUT2D eigenvalue weighted by atomic mass is 10.4. The summed E-state index contributed by atoms with van der Waals surface area (Å²) in [6.07, 6.45) is -0.0720. The number of carboxylic acid groups (broad SMARTS) is 1. The number of aromatic amines is 1. The molecule has 0 saturated heterocycles. The quantitative estimate of drug-likeness (QED) is 0.611. The topological polar surface area (TPSA) is 121 Å². The van der Waals surface area contributed by atoms with Crippen molar-refractivity contribution in [1.29, 1.82) is 0 Å². The number of aromatic nitrogens is 2. The van der Waals surface area contributed by atoms with E-state index in [9.17, 15) is 13.2 Å². The Hall–Kier alpha value is -1.45. The van der Waals surface area contributed by atoms with Gasteiger partial charge in [0.1, 0.15) is 4.90 Å². The highest BCUT2D eigenvalue weighted by Crippen LogP contribution is 2.10. The fourth-order valence-corrected chi connectivity index (χ4v) is 2.31. The average molecular weight is 263 g/mol. The van der Waals surface area contributed by atoms with Crippen LogP contribution in [0.5, 0.6) is 0 Å². The zero-order chi connectivity index (χ0) is 13.1. The minimum absolute atomic E-state index is 0.0160. The molecule has 0 spiro atoms. The average Bonchev–Trinajstić information content (AvgIpc) is 2.65. The summed E-state index contributed by atoms with van der Waals surface area (Å²) in [6.45, 7) is 1.20. The molecule has 3 N–H and O–H groups in total. The maximum absolute atomic E-state index is 11.7. The number of carboxylic acids is 1. The summed E-state index contributed by atoms with van der Waals surface area (Å²) < 4.78 is 30.2. The van der Waals surface area contributed by atoms with Crippen molar-refractivity contribution in [2.45, 2.75) is 17.9 Å². The van der Waals surface area contributed by atoms with Gasteiger partial charge in [0.05, 0.1) is 11.9 Å². The molecule has 1 heterocycles. The number of nitrogens with zero attached hydrogens (tertiary/aromatic N) is 1. The maximum Gasteiger partial charge on any atom is 0.334 e. The molecule has 0 aliphatic carbocycles. The van der Waals surface area contributed by atoms with Crippen LogP contribution in [0.25, 0.3) is 0 Å². The molecule has 9 heteroatoms. The van der Waals surface area contributed by atoms with Crippen molar-refractivity contribution in [2.75, 3.05) is 13.7 Å². The molecule has 8 nitrogen and oxygen atoms in total. The van der Waals surface area contributed by atoms with Crippen molar-refractivity contribution in [1.82, 2.24) is 14.9 Å². The van der Waals surface area contributed by atoms with Gasteiger partial charge in [0.2, 0.25) is 10.0 Å². The van der Waals surface area contributed by atoms with Crippen molar-refractivity contribution in [3.63, 3.8) is 0 Å². The van der Waals surface area contributed by atoms with Gasteiger partial charge in [0, 0.05) is 13.7 Å². The number of sulfonamides is 1. The number of hydrogen-bond acceptors (Lipinski definition) is 5. The lowest BCUT2D eigenvalue weighted by Crippen LogP contribution is -2.37. The molecule has 1 aromatic rings. The Balaban J connectivity index is 2.75. The standard InChI is InChI=1S/C8H13N3O5S/c1-5-7(4-9-11-5)17(14,15)10-3-6(16-2)8(12)13/h4,6,10H,3H2,1-2H3,(H,9,11)(H,12,13). The zero-order valence-corrected chi connectivity index (χ0v) is 10.1. The van der Waals surface area contributed by atoms with E-state index in [0.717, 1.165) is 6.20 Å². The van der Waals surface area contributed by atoms with Gasteiger partial charge in [-0.3, -0.25) is 5.10 Å². The second-order valence-electron chi connectivity index (χ2n) is 3.27. The van der Waals surface area contributed by atoms with E-state index in [2.05, 4.69) is 19.7 Å². The number of rotatable bonds is 6. The van der Waals surface area contributed by atoms with Crippen LogP contribution in [0.2, 0.25) is 0 Å². The van der Waals surface area contributed by atoms with E-state index < -0.39 is 22.1 Å². The SMILES string of the molecule is COC(CNS(=O)(=O)c1cn[nH]c1C)C(=O)O. The van der Waals surface area contributed by atoms with Crippen LogP contribution in [0.15, 0.2) is 11.1 Å². The summed E-state index contributed by atoms with van der Waals surface area (Å²) >= 11 is 0. The largest absolute Gasteiger partial charge is 0.479 e. The maximum atomic E-state index is 11.7. The second kappa shape index (κ2) is 5.25. The second-order valence-corrected chi connectivity index (χ2v) is 5.01. The fourth-order valence-electron chi connectivity index (χ4n) is 1.15. The number of aryl methyl sites for hydroxylation is 1. The Kier molecular flexibility index (Phi) is 4.21. The molecule has 1 atom stereocenters. The van der Waals surface area contributed by atoms with E-state index in [-0.39, 0.29) is 11.4 Å². The molecule has 1 rings (SSSR count). The van der Waals surface area contributed by atoms with E-state index in [1.54, 1.807) is 6.92 Å². The summed E-state index contributed by atoms with van der Waals surface area (Å²) in [4.78, 5) is 10.6. The minimum atomic E-state index is -3.77. The van der Waals surface area contributed by atoms with Crippen molar-refractivity contribution in [3.8, 4) is 0 Å². The van der Waals surface area contributed by atoms with Gasteiger partial charge in [-0.25, -0.2) is 17.9 Å². The smallest absolute Gasteiger partial charge is 0.334 e. The molecule has 0 amide bonds. The van der Waals surface area contributed by atoms with Crippen LogP contribution in [0.3, 0.4) is 0 Å². The van der Waals surface area contributed by atoms with Gasteiger partial charge < -0.3 is 9.84 Å². The molecule has 0 radical (unpaired) electrons. The molecule has 0 aliphatic heterocycles. The molecule has 17 heavy (non-hydrogen) atoms. The van der Waals surface area contributed by atoms with Crippen LogP contribution in [0.1, 0.15) is 5.69 Å². The minimum Gasteiger partial charge on any atom is -0.479 e. The normalized spacial score (nSPS) is 13.5. The Labute approximate surface area is 98.0 Å². The first kappa shape index (κ1) is 13.6. The number of aliphatic carboxylic acids is 1. The molecular formula is C8H13N3O5S. The Morgan fingerprint density at radius 3 is 2.76 bits per heavy atom. The van der Waals surface area contributed by atoms with Gasteiger partial charge in [0.15, 0.2) is 6.10 Å². The summed E-state index contributed by atoms with van der Waals surface area (Å²) in [5.41, 5.74) is 0.377. The fraction of sp³-hybridized carbons (Fsp3) is 0.500. The Morgan fingerprint density at radius 1 is 1.71 bits per heavy atom. The van der Waals surface area contributed by atoms with Gasteiger partial charge in [-0.2, -0.15) is 5.10 Å². The van der Waals surface area contributed by atoms with Crippen molar-refractivity contribution in [3.05, 3.63) is 11.9 Å². The van der Waals surface area contributed by atoms with Gasteiger partial charge in [0.25, 0.3) is 0 Å². The van der Waals surface area contributed by atoms with Gasteiger partial charge in [-0.15, -0.1) is 0 Å². The van der Waals surface area contributed by atoms with Crippen LogP contribution >= 0.6 is 0 Å². The van der Waals surface area contributed by atoms with Crippen LogP contribution in [0, 0.1) is 6.92 Å². The molecule has 96 valence electrons. The lowest BCUT2D eigenvalue weighted by Gasteiger charge is -2.11. The van der Waals surface area contributed by atoms with Gasteiger partial charge in [-0.05, 0) is 6.92 Å². The van der Waals surface area contributed by atoms with Gasteiger partial charge in [-0.1, -0.05) is 0 Å². The van der Waals surface area contributed by atoms with Crippen LogP contribution in [-0.4, -0.2) is 49.4 Å². The Morgan fingerprint density at radius 2 is 2.35 bits per heavy atom. The van der Waals surface area contributed by atoms with Crippen LogP contribution in [0.4, 0.5) is 0 Å². The lowest BCUT2D eigenvalue weighted by molar-refractivity contribution is -0.147. The summed E-state index contributed by atoms with van der Waals surface area (Å²) in [6, 6.07) is 0. The number of nitrogens with one attached hydrogen (secondary N) is 2. The molecule has 0 fully saturated rings. The first-order valence-electron chi connectivity index (χ1n) is 4.63.